The van der Waals surface area contributed by atoms with Crippen LogP contribution >= 0.6 is 11.3 Å². The van der Waals surface area contributed by atoms with Gasteiger partial charge in [-0.25, -0.2) is 9.78 Å². The number of methoxy groups -OCH3 is 2. The summed E-state index contributed by atoms with van der Waals surface area (Å²) >= 11 is 1.34. The number of hydrogen-bond acceptors (Lipinski definition) is 8. The molecule has 0 spiro atoms. The van der Waals surface area contributed by atoms with Crippen molar-refractivity contribution in [2.75, 3.05) is 14.2 Å². The summed E-state index contributed by atoms with van der Waals surface area (Å²) in [5.74, 6) is 0.517. The number of carbonyl (C=O) groups is 1. The highest BCUT2D eigenvalue weighted by atomic mass is 32.1. The van der Waals surface area contributed by atoms with Gasteiger partial charge in [0.2, 0.25) is 4.96 Å². The number of ether oxygens (including phenoxy) is 3. The average Bonchev–Trinajstić information content (AvgIpc) is 3.14. The third-order valence-corrected chi connectivity index (χ3v) is 4.89. The van der Waals surface area contributed by atoms with E-state index in [2.05, 4.69) is 10.1 Å². The number of rotatable bonds is 7. The SMILES string of the molecule is CCc1nn2c(=O)cc(COC(=O)/C=C/c3cccc(OC)c3OC)nc2s1. The Morgan fingerprint density at radius 1 is 1.29 bits per heavy atom. The molecule has 2 heterocycles. The Kier molecular flexibility index (Phi) is 6.05. The van der Waals surface area contributed by atoms with Gasteiger partial charge in [-0.05, 0) is 18.6 Å². The highest BCUT2D eigenvalue weighted by molar-refractivity contribution is 7.16. The van der Waals surface area contributed by atoms with Gasteiger partial charge in [0.25, 0.3) is 5.56 Å². The van der Waals surface area contributed by atoms with Crippen molar-refractivity contribution in [3.8, 4) is 11.5 Å². The van der Waals surface area contributed by atoms with E-state index in [1.807, 2.05) is 6.92 Å². The minimum Gasteiger partial charge on any atom is -0.493 e. The van der Waals surface area contributed by atoms with E-state index in [0.29, 0.717) is 27.7 Å². The molecule has 0 fully saturated rings. The predicted octanol–water partition coefficient (Wildman–Crippen LogP) is 2.49. The van der Waals surface area contributed by atoms with Gasteiger partial charge in [-0.1, -0.05) is 30.4 Å². The molecule has 0 saturated carbocycles. The molecule has 0 bridgehead atoms. The second-order valence-electron chi connectivity index (χ2n) is 5.65. The monoisotopic (exact) mass is 401 g/mol. The molecule has 0 atom stereocenters. The topological polar surface area (TPSA) is 92.0 Å². The first-order chi connectivity index (χ1) is 13.5. The largest absolute Gasteiger partial charge is 0.493 e. The van der Waals surface area contributed by atoms with Gasteiger partial charge in [0.15, 0.2) is 11.5 Å². The maximum Gasteiger partial charge on any atom is 0.331 e. The zero-order chi connectivity index (χ0) is 20.1. The summed E-state index contributed by atoms with van der Waals surface area (Å²) in [6.07, 6.45) is 3.58. The lowest BCUT2D eigenvalue weighted by atomic mass is 10.1. The fourth-order valence-electron chi connectivity index (χ4n) is 2.51. The number of hydrogen-bond donors (Lipinski definition) is 0. The third-order valence-electron chi connectivity index (χ3n) is 3.84. The van der Waals surface area contributed by atoms with Crippen molar-refractivity contribution in [1.82, 2.24) is 14.6 Å². The summed E-state index contributed by atoms with van der Waals surface area (Å²) in [5.41, 5.74) is 0.744. The number of carbonyl (C=O) groups excluding carboxylic acids is 1. The lowest BCUT2D eigenvalue weighted by Crippen LogP contribution is -2.16. The summed E-state index contributed by atoms with van der Waals surface area (Å²) in [5, 5.41) is 4.99. The first kappa shape index (κ1) is 19.6. The molecule has 9 heteroatoms. The Morgan fingerprint density at radius 2 is 2.11 bits per heavy atom. The maximum atomic E-state index is 12.1. The smallest absolute Gasteiger partial charge is 0.331 e. The molecule has 0 radical (unpaired) electrons. The number of fused-ring (bicyclic) bond motifs is 1. The van der Waals surface area contributed by atoms with E-state index in [9.17, 15) is 9.59 Å². The van der Waals surface area contributed by atoms with Gasteiger partial charge in [-0.2, -0.15) is 9.61 Å². The second-order valence-corrected chi connectivity index (χ2v) is 6.69. The van der Waals surface area contributed by atoms with Gasteiger partial charge in [0.1, 0.15) is 11.6 Å². The number of nitrogens with zero attached hydrogens (tertiary/aromatic N) is 3. The van der Waals surface area contributed by atoms with E-state index in [-0.39, 0.29) is 12.2 Å². The fraction of sp³-hybridized carbons (Fsp3) is 0.263. The Labute approximate surface area is 165 Å². The average molecular weight is 401 g/mol. The van der Waals surface area contributed by atoms with E-state index < -0.39 is 5.97 Å². The van der Waals surface area contributed by atoms with Crippen molar-refractivity contribution >= 4 is 28.3 Å². The second kappa shape index (κ2) is 8.66. The molecular formula is C19H19N3O5S. The molecule has 8 nitrogen and oxygen atoms in total. The minimum atomic E-state index is -0.564. The van der Waals surface area contributed by atoms with Gasteiger partial charge >= 0.3 is 5.97 Å². The summed E-state index contributed by atoms with van der Waals surface area (Å²) in [6, 6.07) is 6.65. The highest BCUT2D eigenvalue weighted by Gasteiger charge is 2.10. The first-order valence-electron chi connectivity index (χ1n) is 8.50. The molecule has 1 aromatic carbocycles. The molecule has 0 N–H and O–H groups in total. The number of aromatic nitrogens is 3. The molecule has 0 unspecified atom stereocenters. The van der Waals surface area contributed by atoms with Crippen LogP contribution in [0.3, 0.4) is 0 Å². The van der Waals surface area contributed by atoms with Crippen LogP contribution in [0.1, 0.15) is 23.2 Å². The Balaban J connectivity index is 1.70. The normalized spacial score (nSPS) is 11.1. The lowest BCUT2D eigenvalue weighted by Gasteiger charge is -2.09. The van der Waals surface area contributed by atoms with Crippen molar-refractivity contribution < 1.29 is 19.0 Å². The zero-order valence-electron chi connectivity index (χ0n) is 15.7. The van der Waals surface area contributed by atoms with Crippen molar-refractivity contribution in [1.29, 1.82) is 0 Å². The first-order valence-corrected chi connectivity index (χ1v) is 9.31. The summed E-state index contributed by atoms with van der Waals surface area (Å²) in [4.78, 5) is 28.9. The fourth-order valence-corrected chi connectivity index (χ4v) is 3.36. The van der Waals surface area contributed by atoms with E-state index in [1.165, 1.54) is 35.1 Å². The Hall–Kier alpha value is -3.20. The quantitative estimate of drug-likeness (QED) is 0.444. The maximum absolute atomic E-state index is 12.1. The van der Waals surface area contributed by atoms with Crippen molar-refractivity contribution in [2.45, 2.75) is 20.0 Å². The molecule has 28 heavy (non-hydrogen) atoms. The van der Waals surface area contributed by atoms with Gasteiger partial charge in [0, 0.05) is 17.7 Å². The molecule has 0 amide bonds. The van der Waals surface area contributed by atoms with Crippen molar-refractivity contribution in [3.05, 3.63) is 57.0 Å². The van der Waals surface area contributed by atoms with E-state index >= 15 is 0 Å². The summed E-state index contributed by atoms with van der Waals surface area (Å²) in [6.45, 7) is 1.85. The van der Waals surface area contributed by atoms with Crippen LogP contribution in [-0.2, 0) is 22.6 Å². The van der Waals surface area contributed by atoms with Crippen LogP contribution in [0.5, 0.6) is 11.5 Å². The molecule has 0 saturated heterocycles. The van der Waals surface area contributed by atoms with Gasteiger partial charge in [-0.3, -0.25) is 4.79 Å². The van der Waals surface area contributed by atoms with E-state index in [1.54, 1.807) is 31.4 Å². The zero-order valence-corrected chi connectivity index (χ0v) is 16.5. The molecule has 146 valence electrons. The molecule has 0 aliphatic carbocycles. The standard InChI is InChI=1S/C19H19N3O5S/c1-4-15-21-22-16(23)10-13(20-19(22)28-15)11-27-17(24)9-8-12-6-5-7-14(25-2)18(12)26-3/h5-10H,4,11H2,1-3H3/b9-8+. The van der Waals surface area contributed by atoms with Crippen molar-refractivity contribution in [2.24, 2.45) is 0 Å². The van der Waals surface area contributed by atoms with Crippen LogP contribution in [0.25, 0.3) is 11.0 Å². The van der Waals surface area contributed by atoms with Gasteiger partial charge in [-0.15, -0.1) is 0 Å². The molecule has 0 aliphatic heterocycles. The van der Waals surface area contributed by atoms with Crippen LogP contribution in [-0.4, -0.2) is 34.8 Å². The van der Waals surface area contributed by atoms with Crippen LogP contribution in [0.15, 0.2) is 35.1 Å². The molecule has 3 rings (SSSR count). The molecular weight excluding hydrogens is 382 g/mol. The predicted molar refractivity (Wildman–Crippen MR) is 105 cm³/mol. The Bertz CT molecular complexity index is 1090. The third kappa shape index (κ3) is 4.20. The highest BCUT2D eigenvalue weighted by Crippen LogP contribution is 2.31. The summed E-state index contributed by atoms with van der Waals surface area (Å²) < 4.78 is 17.0. The molecule has 0 aliphatic rings. The molecule has 2 aromatic heterocycles. The van der Waals surface area contributed by atoms with Crippen LogP contribution in [0.4, 0.5) is 0 Å². The van der Waals surface area contributed by atoms with Gasteiger partial charge in [0.05, 0.1) is 19.9 Å². The lowest BCUT2D eigenvalue weighted by molar-refractivity contribution is -0.139. The van der Waals surface area contributed by atoms with Gasteiger partial charge < -0.3 is 14.2 Å². The summed E-state index contributed by atoms with van der Waals surface area (Å²) in [7, 11) is 3.07. The van der Waals surface area contributed by atoms with Crippen LogP contribution in [0, 0.1) is 0 Å². The van der Waals surface area contributed by atoms with Crippen molar-refractivity contribution in [3.63, 3.8) is 0 Å². The van der Waals surface area contributed by atoms with E-state index in [0.717, 1.165) is 11.4 Å². The number of esters is 1. The number of aryl methyl sites for hydroxylation is 1. The molecule has 3 aromatic rings. The minimum absolute atomic E-state index is 0.108. The Morgan fingerprint density at radius 3 is 2.82 bits per heavy atom. The van der Waals surface area contributed by atoms with Crippen LogP contribution in [0.2, 0.25) is 0 Å². The van der Waals surface area contributed by atoms with Crippen LogP contribution < -0.4 is 15.0 Å². The number of para-hydroxylation sites is 1. The van der Waals surface area contributed by atoms with E-state index in [4.69, 9.17) is 14.2 Å². The number of benzene rings is 1.